The number of aryl methyl sites for hydroxylation is 1. The lowest BCUT2D eigenvalue weighted by Gasteiger charge is -1.88. The van der Waals surface area contributed by atoms with Gasteiger partial charge in [0.25, 0.3) is 0 Å². The third-order valence-corrected chi connectivity index (χ3v) is 4.14. The highest BCUT2D eigenvalue weighted by atomic mass is 32.2. The van der Waals surface area contributed by atoms with Crippen LogP contribution in [0.3, 0.4) is 0 Å². The van der Waals surface area contributed by atoms with Gasteiger partial charge in [-0.05, 0) is 24.6 Å². The molecule has 4 heteroatoms. The smallest absolute Gasteiger partial charge is 0.181 e. The Morgan fingerprint density at radius 3 is 2.92 bits per heavy atom. The van der Waals surface area contributed by atoms with Crippen molar-refractivity contribution in [2.75, 3.05) is 6.26 Å². The van der Waals surface area contributed by atoms with Crippen LogP contribution in [0.25, 0.3) is 10.2 Å². The average molecular weight is 211 g/mol. The van der Waals surface area contributed by atoms with Crippen molar-refractivity contribution < 1.29 is 4.21 Å². The van der Waals surface area contributed by atoms with Crippen LogP contribution in [0.2, 0.25) is 0 Å². The molecule has 0 bridgehead atoms. The molecule has 68 valence electrons. The topological polar surface area (TPSA) is 30.0 Å². The Balaban J connectivity index is 2.68. The molecule has 1 aromatic carbocycles. The predicted molar refractivity (Wildman–Crippen MR) is 56.7 cm³/mol. The second kappa shape index (κ2) is 3.20. The van der Waals surface area contributed by atoms with Crippen LogP contribution in [0.1, 0.15) is 5.56 Å². The Morgan fingerprint density at radius 1 is 1.46 bits per heavy atom. The SMILES string of the molecule is Cc1ccc2sc([S@@](C)=O)nc2c1. The molecule has 0 spiro atoms. The highest BCUT2D eigenvalue weighted by Gasteiger charge is 2.05. The number of benzene rings is 1. The van der Waals surface area contributed by atoms with E-state index < -0.39 is 10.8 Å². The van der Waals surface area contributed by atoms with E-state index in [4.69, 9.17) is 0 Å². The monoisotopic (exact) mass is 211 g/mol. The molecule has 0 N–H and O–H groups in total. The van der Waals surface area contributed by atoms with Crippen LogP contribution >= 0.6 is 11.3 Å². The van der Waals surface area contributed by atoms with E-state index in [9.17, 15) is 4.21 Å². The molecule has 0 saturated carbocycles. The van der Waals surface area contributed by atoms with Gasteiger partial charge in [-0.15, -0.1) is 11.3 Å². The summed E-state index contributed by atoms with van der Waals surface area (Å²) < 4.78 is 13.0. The Labute approximate surface area is 83.1 Å². The van der Waals surface area contributed by atoms with Crippen molar-refractivity contribution in [2.24, 2.45) is 0 Å². The fourth-order valence-corrected chi connectivity index (χ4v) is 2.78. The molecule has 1 heterocycles. The Morgan fingerprint density at radius 2 is 2.23 bits per heavy atom. The molecule has 1 atom stereocenters. The van der Waals surface area contributed by atoms with Gasteiger partial charge in [0.1, 0.15) is 0 Å². The maximum Gasteiger partial charge on any atom is 0.181 e. The third-order valence-electron chi connectivity index (χ3n) is 1.77. The molecule has 13 heavy (non-hydrogen) atoms. The lowest BCUT2D eigenvalue weighted by molar-refractivity contribution is 0.686. The van der Waals surface area contributed by atoms with Crippen LogP contribution in [0.15, 0.2) is 22.5 Å². The molecule has 0 unspecified atom stereocenters. The van der Waals surface area contributed by atoms with Crippen LogP contribution < -0.4 is 0 Å². The molecular formula is C9H9NOS2. The van der Waals surface area contributed by atoms with E-state index in [1.807, 2.05) is 25.1 Å². The van der Waals surface area contributed by atoms with Crippen molar-refractivity contribution in [1.82, 2.24) is 4.98 Å². The van der Waals surface area contributed by atoms with E-state index in [1.54, 1.807) is 6.26 Å². The van der Waals surface area contributed by atoms with E-state index in [2.05, 4.69) is 4.98 Å². The summed E-state index contributed by atoms with van der Waals surface area (Å²) in [5.41, 5.74) is 2.14. The molecule has 0 fully saturated rings. The third kappa shape index (κ3) is 1.64. The maximum atomic E-state index is 11.2. The standard InChI is InChI=1S/C9H9NOS2/c1-6-3-4-8-7(5-6)10-9(12-8)13(2)11/h3-5H,1-2H3/t13-/m1/s1. The number of fused-ring (bicyclic) bond motifs is 1. The average Bonchev–Trinajstić information content (AvgIpc) is 2.46. The summed E-state index contributed by atoms with van der Waals surface area (Å²) in [6, 6.07) is 6.09. The highest BCUT2D eigenvalue weighted by Crippen LogP contribution is 2.24. The van der Waals surface area contributed by atoms with Gasteiger partial charge in [-0.25, -0.2) is 4.98 Å². The molecule has 0 aliphatic heterocycles. The Bertz CT molecular complexity index is 475. The summed E-state index contributed by atoms with van der Waals surface area (Å²) in [7, 11) is -0.961. The second-order valence-electron chi connectivity index (χ2n) is 2.91. The van der Waals surface area contributed by atoms with Crippen LogP contribution in [0.4, 0.5) is 0 Å². The van der Waals surface area contributed by atoms with Crippen LogP contribution in [0, 0.1) is 6.92 Å². The van der Waals surface area contributed by atoms with Crippen LogP contribution in [-0.2, 0) is 10.8 Å². The van der Waals surface area contributed by atoms with E-state index in [0.29, 0.717) is 4.34 Å². The van der Waals surface area contributed by atoms with Crippen molar-refractivity contribution >= 4 is 32.4 Å². The van der Waals surface area contributed by atoms with E-state index >= 15 is 0 Å². The van der Waals surface area contributed by atoms with Gasteiger partial charge in [0, 0.05) is 6.26 Å². The molecular weight excluding hydrogens is 202 g/mol. The minimum absolute atomic E-state index is 0.709. The molecule has 2 nitrogen and oxygen atoms in total. The predicted octanol–water partition coefficient (Wildman–Crippen LogP) is 2.34. The number of thiazole rings is 1. The van der Waals surface area contributed by atoms with Gasteiger partial charge in [0.15, 0.2) is 4.34 Å². The molecule has 2 aromatic rings. The molecule has 1 aromatic heterocycles. The largest absolute Gasteiger partial charge is 0.252 e. The summed E-state index contributed by atoms with van der Waals surface area (Å²) >= 11 is 1.50. The molecule has 0 aliphatic carbocycles. The quantitative estimate of drug-likeness (QED) is 0.724. The van der Waals surface area contributed by atoms with Crippen molar-refractivity contribution in [2.45, 2.75) is 11.3 Å². The normalized spacial score (nSPS) is 13.4. The van der Waals surface area contributed by atoms with Gasteiger partial charge in [0.05, 0.1) is 21.0 Å². The van der Waals surface area contributed by atoms with Crippen LogP contribution in [0.5, 0.6) is 0 Å². The Kier molecular flexibility index (Phi) is 2.17. The van der Waals surface area contributed by atoms with Crippen molar-refractivity contribution in [3.05, 3.63) is 23.8 Å². The fourth-order valence-electron chi connectivity index (χ4n) is 1.14. The van der Waals surface area contributed by atoms with Crippen LogP contribution in [-0.4, -0.2) is 15.4 Å². The first kappa shape index (κ1) is 8.84. The molecule has 2 rings (SSSR count). The molecule has 0 amide bonds. The van der Waals surface area contributed by atoms with E-state index in [-0.39, 0.29) is 0 Å². The van der Waals surface area contributed by atoms with E-state index in [0.717, 1.165) is 10.2 Å². The highest BCUT2D eigenvalue weighted by molar-refractivity contribution is 7.86. The maximum absolute atomic E-state index is 11.2. The van der Waals surface area contributed by atoms with Gasteiger partial charge in [-0.2, -0.15) is 0 Å². The molecule has 0 saturated heterocycles. The van der Waals surface area contributed by atoms with Gasteiger partial charge in [-0.3, -0.25) is 4.21 Å². The summed E-state index contributed by atoms with van der Waals surface area (Å²) in [5, 5.41) is 0. The van der Waals surface area contributed by atoms with Crippen molar-refractivity contribution in [3.8, 4) is 0 Å². The summed E-state index contributed by atoms with van der Waals surface area (Å²) in [4.78, 5) is 4.29. The number of rotatable bonds is 1. The summed E-state index contributed by atoms with van der Waals surface area (Å²) in [6.07, 6.45) is 1.66. The zero-order chi connectivity index (χ0) is 9.42. The van der Waals surface area contributed by atoms with Gasteiger partial charge < -0.3 is 0 Å². The van der Waals surface area contributed by atoms with E-state index in [1.165, 1.54) is 16.9 Å². The lowest BCUT2D eigenvalue weighted by Crippen LogP contribution is -1.83. The first-order valence-corrected chi connectivity index (χ1v) is 6.25. The van der Waals surface area contributed by atoms with Gasteiger partial charge in [0.2, 0.25) is 0 Å². The molecule has 0 radical (unpaired) electrons. The fraction of sp³-hybridized carbons (Fsp3) is 0.222. The zero-order valence-corrected chi connectivity index (χ0v) is 9.04. The van der Waals surface area contributed by atoms with Crippen molar-refractivity contribution in [3.63, 3.8) is 0 Å². The number of aromatic nitrogens is 1. The van der Waals surface area contributed by atoms with Crippen molar-refractivity contribution in [1.29, 1.82) is 0 Å². The second-order valence-corrected chi connectivity index (χ2v) is 5.49. The molecule has 0 aliphatic rings. The number of hydrogen-bond donors (Lipinski definition) is 0. The number of nitrogens with zero attached hydrogens (tertiary/aromatic N) is 1. The minimum Gasteiger partial charge on any atom is -0.252 e. The Hall–Kier alpha value is -0.740. The number of hydrogen-bond acceptors (Lipinski definition) is 3. The first-order valence-electron chi connectivity index (χ1n) is 3.87. The van der Waals surface area contributed by atoms with Gasteiger partial charge in [-0.1, -0.05) is 6.07 Å². The lowest BCUT2D eigenvalue weighted by atomic mass is 10.2. The minimum atomic E-state index is -0.961. The summed E-state index contributed by atoms with van der Waals surface area (Å²) in [6.45, 7) is 2.03. The summed E-state index contributed by atoms with van der Waals surface area (Å²) in [5.74, 6) is 0. The zero-order valence-electron chi connectivity index (χ0n) is 7.40. The first-order chi connectivity index (χ1) is 6.16. The van der Waals surface area contributed by atoms with Gasteiger partial charge >= 0.3 is 0 Å².